The van der Waals surface area contributed by atoms with E-state index < -0.39 is 5.82 Å². The summed E-state index contributed by atoms with van der Waals surface area (Å²) < 4.78 is 13.6. The summed E-state index contributed by atoms with van der Waals surface area (Å²) in [5.41, 5.74) is 1.58. The molecule has 1 saturated heterocycles. The van der Waals surface area contributed by atoms with Crippen molar-refractivity contribution in [3.63, 3.8) is 0 Å². The number of rotatable bonds is 7. The van der Waals surface area contributed by atoms with Crippen molar-refractivity contribution in [1.29, 1.82) is 5.26 Å². The number of aryl methyl sites for hydroxylation is 1. The third-order valence-corrected chi connectivity index (χ3v) is 4.82. The van der Waals surface area contributed by atoms with Crippen LogP contribution < -0.4 is 15.5 Å². The molecule has 0 amide bonds. The van der Waals surface area contributed by atoms with E-state index in [9.17, 15) is 4.39 Å². The molecule has 0 spiro atoms. The van der Waals surface area contributed by atoms with Crippen LogP contribution in [0.4, 0.5) is 21.8 Å². The van der Waals surface area contributed by atoms with Crippen molar-refractivity contribution in [1.82, 2.24) is 15.3 Å². The van der Waals surface area contributed by atoms with Gasteiger partial charge in [-0.1, -0.05) is 13.3 Å². The van der Waals surface area contributed by atoms with Crippen LogP contribution in [0, 0.1) is 17.1 Å². The first-order valence-corrected chi connectivity index (χ1v) is 9.39. The first kappa shape index (κ1) is 19.1. The fraction of sp³-hybridized carbons (Fsp3) is 0.450. The second-order valence-electron chi connectivity index (χ2n) is 6.80. The maximum Gasteiger partial charge on any atom is 0.229 e. The minimum absolute atomic E-state index is 0.00114. The zero-order chi connectivity index (χ0) is 19.2. The minimum atomic E-state index is -0.531. The molecule has 1 aliphatic heterocycles. The second-order valence-corrected chi connectivity index (χ2v) is 6.80. The van der Waals surface area contributed by atoms with E-state index in [1.54, 1.807) is 6.07 Å². The van der Waals surface area contributed by atoms with Crippen molar-refractivity contribution in [3.05, 3.63) is 41.3 Å². The number of likely N-dealkylation sites (N-methyl/N-ethyl adjacent to an activating group) is 1. The monoisotopic (exact) mass is 368 g/mol. The second kappa shape index (κ2) is 8.78. The Morgan fingerprint density at radius 3 is 2.89 bits per heavy atom. The third-order valence-electron chi connectivity index (χ3n) is 4.82. The lowest BCUT2D eigenvalue weighted by Crippen LogP contribution is -2.30. The highest BCUT2D eigenvalue weighted by Gasteiger charge is 2.23. The highest BCUT2D eigenvalue weighted by molar-refractivity contribution is 5.58. The number of hydrogen-bond acceptors (Lipinski definition) is 6. The molecule has 2 aromatic rings. The van der Waals surface area contributed by atoms with Gasteiger partial charge in [-0.3, -0.25) is 0 Å². The Morgan fingerprint density at radius 2 is 2.19 bits per heavy atom. The molecule has 142 valence electrons. The lowest BCUT2D eigenvalue weighted by atomic mass is 10.2. The van der Waals surface area contributed by atoms with Gasteiger partial charge in [0.2, 0.25) is 5.95 Å². The van der Waals surface area contributed by atoms with Crippen molar-refractivity contribution in [2.24, 2.45) is 0 Å². The summed E-state index contributed by atoms with van der Waals surface area (Å²) in [4.78, 5) is 11.5. The van der Waals surface area contributed by atoms with Crippen LogP contribution in [-0.4, -0.2) is 36.1 Å². The molecule has 7 heteroatoms. The van der Waals surface area contributed by atoms with E-state index in [2.05, 4.69) is 38.5 Å². The Labute approximate surface area is 159 Å². The number of benzene rings is 1. The van der Waals surface area contributed by atoms with Crippen LogP contribution in [0.3, 0.4) is 0 Å². The van der Waals surface area contributed by atoms with Crippen molar-refractivity contribution in [2.75, 3.05) is 30.4 Å². The Hall–Kier alpha value is -2.72. The molecule has 27 heavy (non-hydrogen) atoms. The van der Waals surface area contributed by atoms with Gasteiger partial charge in [0.25, 0.3) is 0 Å². The lowest BCUT2D eigenvalue weighted by molar-refractivity contribution is 0.616. The summed E-state index contributed by atoms with van der Waals surface area (Å²) in [6.07, 6.45) is 4.12. The van der Waals surface area contributed by atoms with Gasteiger partial charge in [-0.05, 0) is 44.5 Å². The summed E-state index contributed by atoms with van der Waals surface area (Å²) >= 11 is 0. The first-order valence-electron chi connectivity index (χ1n) is 9.39. The molecule has 0 radical (unpaired) electrons. The predicted octanol–water partition coefficient (Wildman–Crippen LogP) is 3.37. The molecule has 2 heterocycles. The van der Waals surface area contributed by atoms with Gasteiger partial charge in [0.05, 0.1) is 5.56 Å². The zero-order valence-corrected chi connectivity index (χ0v) is 15.8. The Bertz CT molecular complexity index is 832. The molecule has 1 unspecified atom stereocenters. The number of halogens is 1. The largest absolute Gasteiger partial charge is 0.355 e. The molecule has 6 nitrogen and oxygen atoms in total. The van der Waals surface area contributed by atoms with Crippen molar-refractivity contribution >= 4 is 17.5 Å². The Kier molecular flexibility index (Phi) is 6.20. The maximum absolute atomic E-state index is 13.6. The number of unbranched alkanes of at least 4 members (excludes halogenated alkanes) is 1. The number of nitriles is 1. The van der Waals surface area contributed by atoms with Crippen LogP contribution in [0.15, 0.2) is 24.3 Å². The quantitative estimate of drug-likeness (QED) is 0.780. The van der Waals surface area contributed by atoms with E-state index in [0.717, 1.165) is 50.3 Å². The number of anilines is 3. The van der Waals surface area contributed by atoms with Gasteiger partial charge in [-0.15, -0.1) is 0 Å². The first-order chi connectivity index (χ1) is 13.1. The molecule has 0 aliphatic carbocycles. The topological polar surface area (TPSA) is 76.9 Å². The molecule has 0 bridgehead atoms. The average molecular weight is 368 g/mol. The zero-order valence-electron chi connectivity index (χ0n) is 15.8. The van der Waals surface area contributed by atoms with E-state index in [-0.39, 0.29) is 5.56 Å². The van der Waals surface area contributed by atoms with Crippen LogP contribution in [-0.2, 0) is 6.42 Å². The van der Waals surface area contributed by atoms with Gasteiger partial charge in [0, 0.05) is 36.6 Å². The van der Waals surface area contributed by atoms with Crippen LogP contribution in [0.1, 0.15) is 37.4 Å². The minimum Gasteiger partial charge on any atom is -0.355 e. The fourth-order valence-electron chi connectivity index (χ4n) is 3.21. The van der Waals surface area contributed by atoms with E-state index in [4.69, 9.17) is 5.26 Å². The average Bonchev–Trinajstić information content (AvgIpc) is 3.17. The molecule has 2 N–H and O–H groups in total. The summed E-state index contributed by atoms with van der Waals surface area (Å²) in [5.74, 6) is 0.845. The van der Waals surface area contributed by atoms with Crippen molar-refractivity contribution in [2.45, 2.75) is 38.6 Å². The van der Waals surface area contributed by atoms with Gasteiger partial charge in [-0.25, -0.2) is 9.37 Å². The normalized spacial score (nSPS) is 16.4. The molecule has 1 aromatic carbocycles. The Morgan fingerprint density at radius 1 is 1.33 bits per heavy atom. The summed E-state index contributed by atoms with van der Waals surface area (Å²) in [7, 11) is 1.98. The van der Waals surface area contributed by atoms with Gasteiger partial charge >= 0.3 is 0 Å². The third kappa shape index (κ3) is 4.72. The molecular weight excluding hydrogens is 343 g/mol. The molecule has 1 aromatic heterocycles. The smallest absolute Gasteiger partial charge is 0.229 e. The SMILES string of the molecule is CCCCc1cc(N2CCC(NC)C2)nc(Nc2ccc(F)c(C#N)c2)n1. The Balaban J connectivity index is 1.87. The molecular formula is C20H25FN6. The van der Waals surface area contributed by atoms with Crippen LogP contribution in [0.25, 0.3) is 0 Å². The van der Waals surface area contributed by atoms with Crippen LogP contribution in [0.2, 0.25) is 0 Å². The van der Waals surface area contributed by atoms with Gasteiger partial charge in [-0.2, -0.15) is 10.2 Å². The summed E-state index contributed by atoms with van der Waals surface area (Å²) in [5, 5.41) is 15.5. The molecule has 0 saturated carbocycles. The van der Waals surface area contributed by atoms with Gasteiger partial charge in [0.15, 0.2) is 0 Å². The standard InChI is InChI=1S/C20H25FN6/c1-3-4-5-15-11-19(27-9-8-17(13-27)23-2)26-20(24-15)25-16-6-7-18(21)14(10-16)12-22/h6-7,10-11,17,23H,3-5,8-9,13H2,1-2H3,(H,24,25,26). The fourth-order valence-corrected chi connectivity index (χ4v) is 3.21. The number of nitrogens with one attached hydrogen (secondary N) is 2. The highest BCUT2D eigenvalue weighted by atomic mass is 19.1. The van der Waals surface area contributed by atoms with Gasteiger partial charge < -0.3 is 15.5 Å². The lowest BCUT2D eigenvalue weighted by Gasteiger charge is -2.19. The van der Waals surface area contributed by atoms with E-state index in [1.165, 1.54) is 12.1 Å². The number of hydrogen-bond donors (Lipinski definition) is 2. The van der Waals surface area contributed by atoms with E-state index in [1.807, 2.05) is 13.1 Å². The van der Waals surface area contributed by atoms with Crippen molar-refractivity contribution < 1.29 is 4.39 Å². The van der Waals surface area contributed by atoms with Crippen molar-refractivity contribution in [3.8, 4) is 6.07 Å². The molecule has 1 aliphatic rings. The van der Waals surface area contributed by atoms with E-state index >= 15 is 0 Å². The van der Waals surface area contributed by atoms with Crippen LogP contribution in [0.5, 0.6) is 0 Å². The highest BCUT2D eigenvalue weighted by Crippen LogP contribution is 2.23. The maximum atomic E-state index is 13.6. The molecule has 3 rings (SSSR count). The molecule has 1 fully saturated rings. The summed E-state index contributed by atoms with van der Waals surface area (Å²) in [6.45, 7) is 4.01. The summed E-state index contributed by atoms with van der Waals surface area (Å²) in [6, 6.07) is 8.72. The van der Waals surface area contributed by atoms with Crippen LogP contribution >= 0.6 is 0 Å². The number of aromatic nitrogens is 2. The van der Waals surface area contributed by atoms with E-state index in [0.29, 0.717) is 17.7 Å². The van der Waals surface area contributed by atoms with Gasteiger partial charge in [0.1, 0.15) is 17.7 Å². The predicted molar refractivity (Wildman–Crippen MR) is 105 cm³/mol. The molecule has 1 atom stereocenters. The number of nitrogens with zero attached hydrogens (tertiary/aromatic N) is 4.